The van der Waals surface area contributed by atoms with E-state index in [0.29, 0.717) is 18.8 Å². The third-order valence-electron chi connectivity index (χ3n) is 3.65. The largest absolute Gasteiger partial charge is 0.489 e. The maximum absolute atomic E-state index is 13.0. The molecular weight excluding hydrogens is 295 g/mol. The van der Waals surface area contributed by atoms with E-state index in [0.717, 1.165) is 17.6 Å². The van der Waals surface area contributed by atoms with Crippen molar-refractivity contribution in [1.82, 2.24) is 0 Å². The molecule has 23 heavy (non-hydrogen) atoms. The summed E-state index contributed by atoms with van der Waals surface area (Å²) in [6, 6.07) is 9.78. The first-order valence-corrected chi connectivity index (χ1v) is 7.75. The van der Waals surface area contributed by atoms with Crippen molar-refractivity contribution in [2.45, 2.75) is 38.6 Å². The lowest BCUT2D eigenvalue weighted by Gasteiger charge is -2.12. The fraction of sp³-hybridized carbons (Fsp3) is 0.368. The molecule has 1 aromatic rings. The highest BCUT2D eigenvalue weighted by molar-refractivity contribution is 5.28. The van der Waals surface area contributed by atoms with Crippen LogP contribution < -0.4 is 0 Å². The van der Waals surface area contributed by atoms with Crippen LogP contribution in [-0.4, -0.2) is 23.9 Å². The van der Waals surface area contributed by atoms with Crippen molar-refractivity contribution in [2.24, 2.45) is 0 Å². The molecule has 3 nitrogen and oxygen atoms in total. The highest BCUT2D eigenvalue weighted by Gasteiger charge is 2.37. The number of aliphatic hydroxyl groups is 1. The van der Waals surface area contributed by atoms with E-state index in [9.17, 15) is 4.39 Å². The number of aliphatic hydroxyl groups excluding tert-OH is 1. The zero-order chi connectivity index (χ0) is 16.7. The van der Waals surface area contributed by atoms with Gasteiger partial charge in [-0.05, 0) is 43.1 Å². The van der Waals surface area contributed by atoms with Crippen LogP contribution in [0.1, 0.15) is 25.3 Å². The minimum atomic E-state index is -0.288. The molecule has 0 saturated carbocycles. The van der Waals surface area contributed by atoms with Crippen molar-refractivity contribution in [3.63, 3.8) is 0 Å². The molecule has 0 radical (unpaired) electrons. The second-order valence-corrected chi connectivity index (χ2v) is 5.60. The van der Waals surface area contributed by atoms with Gasteiger partial charge in [-0.25, -0.2) is 4.39 Å². The molecule has 1 aliphatic rings. The second-order valence-electron chi connectivity index (χ2n) is 5.60. The third kappa shape index (κ3) is 6.00. The van der Waals surface area contributed by atoms with Crippen LogP contribution in [0.5, 0.6) is 0 Å². The first-order valence-electron chi connectivity index (χ1n) is 7.75. The minimum Gasteiger partial charge on any atom is -0.489 e. The summed E-state index contributed by atoms with van der Waals surface area (Å²) < 4.78 is 24.1. The smallest absolute Gasteiger partial charge is 0.122 e. The minimum absolute atomic E-state index is 0.0477. The Morgan fingerprint density at radius 1 is 1.30 bits per heavy atom. The van der Waals surface area contributed by atoms with E-state index < -0.39 is 0 Å². The molecule has 0 spiro atoms. The molecule has 1 fully saturated rings. The fourth-order valence-corrected chi connectivity index (χ4v) is 2.23. The summed E-state index contributed by atoms with van der Waals surface area (Å²) in [7, 11) is 0. The van der Waals surface area contributed by atoms with Gasteiger partial charge in [0.2, 0.25) is 0 Å². The van der Waals surface area contributed by atoms with E-state index in [1.165, 1.54) is 13.0 Å². The molecule has 1 heterocycles. The lowest BCUT2D eigenvalue weighted by Crippen LogP contribution is -2.01. The highest BCUT2D eigenvalue weighted by atomic mass is 19.1. The standard InChI is InChI=1S/C19H23FO3/c1-14(8-10-18-19(12-21)23-18)17(11-9-15(2)20)22-13-16-6-4-3-5-7-16/h3-7,9,11,18-19,21H,1,8,10,12-13H2,2H3/b15-9+,17-11+. The fourth-order valence-electron chi connectivity index (χ4n) is 2.23. The van der Waals surface area contributed by atoms with Gasteiger partial charge in [0.25, 0.3) is 0 Å². The van der Waals surface area contributed by atoms with Gasteiger partial charge in [-0.3, -0.25) is 0 Å². The van der Waals surface area contributed by atoms with Crippen molar-refractivity contribution < 1.29 is 19.0 Å². The van der Waals surface area contributed by atoms with Crippen LogP contribution in [0.4, 0.5) is 4.39 Å². The molecule has 2 atom stereocenters. The lowest BCUT2D eigenvalue weighted by molar-refractivity contribution is 0.204. The molecule has 1 N–H and O–H groups in total. The summed E-state index contributed by atoms with van der Waals surface area (Å²) in [6.45, 7) is 5.88. The Morgan fingerprint density at radius 2 is 2.04 bits per heavy atom. The maximum atomic E-state index is 13.0. The molecular formula is C19H23FO3. The monoisotopic (exact) mass is 318 g/mol. The van der Waals surface area contributed by atoms with Crippen LogP contribution in [-0.2, 0) is 16.1 Å². The predicted molar refractivity (Wildman–Crippen MR) is 88.3 cm³/mol. The van der Waals surface area contributed by atoms with Gasteiger partial charge in [-0.15, -0.1) is 0 Å². The number of benzene rings is 1. The van der Waals surface area contributed by atoms with Crippen LogP contribution in [0, 0.1) is 0 Å². The molecule has 0 aromatic heterocycles. The zero-order valence-corrected chi connectivity index (χ0v) is 13.4. The van der Waals surface area contributed by atoms with Crippen LogP contribution in [0.25, 0.3) is 0 Å². The Bertz CT molecular complexity index is 574. The number of ether oxygens (including phenoxy) is 2. The molecule has 0 bridgehead atoms. The summed E-state index contributed by atoms with van der Waals surface area (Å²) in [6.07, 6.45) is 4.47. The maximum Gasteiger partial charge on any atom is 0.122 e. The van der Waals surface area contributed by atoms with Gasteiger partial charge in [0, 0.05) is 0 Å². The molecule has 124 valence electrons. The van der Waals surface area contributed by atoms with Crippen molar-refractivity contribution in [3.8, 4) is 0 Å². The van der Waals surface area contributed by atoms with Gasteiger partial charge in [-0.1, -0.05) is 36.9 Å². The van der Waals surface area contributed by atoms with E-state index in [4.69, 9.17) is 14.6 Å². The van der Waals surface area contributed by atoms with Crippen molar-refractivity contribution in [3.05, 3.63) is 71.8 Å². The highest BCUT2D eigenvalue weighted by Crippen LogP contribution is 2.29. The third-order valence-corrected chi connectivity index (χ3v) is 3.65. The molecule has 4 heteroatoms. The zero-order valence-electron chi connectivity index (χ0n) is 13.4. The van der Waals surface area contributed by atoms with E-state index in [2.05, 4.69) is 6.58 Å². The number of halogens is 1. The average Bonchev–Trinajstić information content (AvgIpc) is 3.32. The normalized spacial score (nSPS) is 21.2. The van der Waals surface area contributed by atoms with E-state index >= 15 is 0 Å². The molecule has 1 saturated heterocycles. The number of hydrogen-bond acceptors (Lipinski definition) is 3. The lowest BCUT2D eigenvalue weighted by atomic mass is 10.1. The number of epoxide rings is 1. The van der Waals surface area contributed by atoms with Crippen molar-refractivity contribution >= 4 is 0 Å². The first-order chi connectivity index (χ1) is 11.1. The van der Waals surface area contributed by atoms with Crippen LogP contribution >= 0.6 is 0 Å². The molecule has 1 aliphatic heterocycles. The molecule has 2 unspecified atom stereocenters. The quantitative estimate of drug-likeness (QED) is 0.424. The number of rotatable bonds is 9. The van der Waals surface area contributed by atoms with E-state index in [1.54, 1.807) is 6.08 Å². The van der Waals surface area contributed by atoms with Crippen molar-refractivity contribution in [2.75, 3.05) is 6.61 Å². The van der Waals surface area contributed by atoms with Crippen molar-refractivity contribution in [1.29, 1.82) is 0 Å². The van der Waals surface area contributed by atoms with Crippen LogP contribution in [0.3, 0.4) is 0 Å². The first kappa shape index (κ1) is 17.4. The Morgan fingerprint density at radius 3 is 2.65 bits per heavy atom. The Hall–Kier alpha value is -1.91. The number of hydrogen-bond donors (Lipinski definition) is 1. The average molecular weight is 318 g/mol. The summed E-state index contributed by atoms with van der Waals surface area (Å²) in [4.78, 5) is 0. The van der Waals surface area contributed by atoms with Crippen LogP contribution in [0.2, 0.25) is 0 Å². The summed E-state index contributed by atoms with van der Waals surface area (Å²) in [5, 5.41) is 8.97. The van der Waals surface area contributed by atoms with Gasteiger partial charge in [0.15, 0.2) is 0 Å². The van der Waals surface area contributed by atoms with Gasteiger partial charge >= 0.3 is 0 Å². The topological polar surface area (TPSA) is 42.0 Å². The van der Waals surface area contributed by atoms with E-state index in [1.807, 2.05) is 30.3 Å². The second kappa shape index (κ2) is 8.65. The molecule has 0 aliphatic carbocycles. The predicted octanol–water partition coefficient (Wildman–Crippen LogP) is 4.06. The van der Waals surface area contributed by atoms with Gasteiger partial charge < -0.3 is 14.6 Å². The SMILES string of the molecule is C=C(CCC1OC1CO)/C(=C\C=C(/C)F)OCc1ccccc1. The van der Waals surface area contributed by atoms with E-state index in [-0.39, 0.29) is 24.6 Å². The molecule has 0 amide bonds. The van der Waals surface area contributed by atoms with Gasteiger partial charge in [-0.2, -0.15) is 0 Å². The Kier molecular flexibility index (Phi) is 6.56. The summed E-state index contributed by atoms with van der Waals surface area (Å²) in [5.41, 5.74) is 1.84. The summed E-state index contributed by atoms with van der Waals surface area (Å²) >= 11 is 0. The molecule has 1 aromatic carbocycles. The number of allylic oxidation sites excluding steroid dienone is 4. The van der Waals surface area contributed by atoms with Gasteiger partial charge in [0.1, 0.15) is 18.5 Å². The Balaban J connectivity index is 1.92. The van der Waals surface area contributed by atoms with Gasteiger partial charge in [0.05, 0.1) is 18.5 Å². The van der Waals surface area contributed by atoms with Crippen LogP contribution in [0.15, 0.2) is 66.2 Å². The summed E-state index contributed by atoms with van der Waals surface area (Å²) in [5.74, 6) is 0.288. The molecule has 2 rings (SSSR count). The Labute approximate surface area is 136 Å².